The number of ether oxygens (including phenoxy) is 2. The average Bonchev–Trinajstić information content (AvgIpc) is 2.87. The van der Waals surface area contributed by atoms with Gasteiger partial charge in [-0.25, -0.2) is 13.8 Å². The van der Waals surface area contributed by atoms with Crippen LogP contribution in [0.15, 0.2) is 58.3 Å². The van der Waals surface area contributed by atoms with E-state index in [9.17, 15) is 13.8 Å². The highest BCUT2D eigenvalue weighted by Gasteiger charge is 2.64. The molecule has 1 atom stereocenters. The van der Waals surface area contributed by atoms with Gasteiger partial charge in [-0.1, -0.05) is 71.9 Å². The van der Waals surface area contributed by atoms with E-state index < -0.39 is 41.4 Å². The maximum atomic E-state index is 14.2. The fraction of sp³-hybridized carbons (Fsp3) is 0.400. The topological polar surface area (TPSA) is 88.1 Å². The molecule has 1 aliphatic heterocycles. The lowest BCUT2D eigenvalue weighted by Gasteiger charge is -2.50. The number of carbonyl (C=O) groups is 2. The van der Waals surface area contributed by atoms with E-state index in [-0.39, 0.29) is 35.0 Å². The summed E-state index contributed by atoms with van der Waals surface area (Å²) in [6.45, 7) is 15.9. The van der Waals surface area contributed by atoms with Crippen molar-refractivity contribution in [2.75, 3.05) is 13.2 Å². The Kier molecular flexibility index (Phi) is 7.71. The minimum absolute atomic E-state index is 0.0680. The SMILES string of the molecule is CCOC(=O)c1c(C(=O)OCC)c2c3c(cccc3c1S(=O)c1ccccc1)O[Si](C(C)(C)C)(C(C)(C)C)O2. The van der Waals surface area contributed by atoms with Crippen LogP contribution in [-0.4, -0.2) is 37.9 Å². The van der Waals surface area contributed by atoms with Gasteiger partial charge in [0.1, 0.15) is 17.1 Å². The Labute approximate surface area is 233 Å². The third-order valence-electron chi connectivity index (χ3n) is 6.78. The van der Waals surface area contributed by atoms with Gasteiger partial charge in [-0.2, -0.15) is 0 Å². The van der Waals surface area contributed by atoms with Crippen LogP contribution in [0.2, 0.25) is 10.1 Å². The minimum atomic E-state index is -3.23. The molecule has 208 valence electrons. The van der Waals surface area contributed by atoms with Gasteiger partial charge in [0.05, 0.1) is 39.9 Å². The summed E-state index contributed by atoms with van der Waals surface area (Å²) in [7, 11) is -5.08. The molecule has 1 heterocycles. The first-order valence-electron chi connectivity index (χ1n) is 13.1. The molecule has 1 aliphatic rings. The fourth-order valence-corrected chi connectivity index (χ4v) is 11.2. The number of hydrogen-bond donors (Lipinski definition) is 0. The second kappa shape index (κ2) is 10.4. The van der Waals surface area contributed by atoms with Gasteiger partial charge in [-0.3, -0.25) is 0 Å². The fourth-order valence-electron chi connectivity index (χ4n) is 5.34. The van der Waals surface area contributed by atoms with Crippen molar-refractivity contribution in [3.63, 3.8) is 0 Å². The molecule has 0 aromatic heterocycles. The van der Waals surface area contributed by atoms with Crippen molar-refractivity contribution in [3.05, 3.63) is 59.7 Å². The average molecular weight is 569 g/mol. The maximum absolute atomic E-state index is 14.2. The van der Waals surface area contributed by atoms with Crippen molar-refractivity contribution in [2.24, 2.45) is 0 Å². The number of esters is 2. The molecular formula is C30H36O7SSi. The number of benzene rings is 3. The van der Waals surface area contributed by atoms with Gasteiger partial charge in [0.15, 0.2) is 0 Å². The Morgan fingerprint density at radius 3 is 1.90 bits per heavy atom. The Morgan fingerprint density at radius 1 is 0.795 bits per heavy atom. The van der Waals surface area contributed by atoms with Gasteiger partial charge < -0.3 is 18.3 Å². The third-order valence-corrected chi connectivity index (χ3v) is 13.2. The van der Waals surface area contributed by atoms with Crippen molar-refractivity contribution in [2.45, 2.75) is 75.3 Å². The molecule has 0 bridgehead atoms. The van der Waals surface area contributed by atoms with Crippen LogP contribution in [0, 0.1) is 0 Å². The molecule has 0 radical (unpaired) electrons. The summed E-state index contributed by atoms with van der Waals surface area (Å²) in [6.07, 6.45) is 0. The largest absolute Gasteiger partial charge is 0.511 e. The molecule has 3 aromatic carbocycles. The third kappa shape index (κ3) is 4.76. The van der Waals surface area contributed by atoms with Crippen LogP contribution < -0.4 is 8.85 Å². The lowest BCUT2D eigenvalue weighted by atomic mass is 9.98. The Morgan fingerprint density at radius 2 is 1.36 bits per heavy atom. The lowest BCUT2D eigenvalue weighted by Crippen LogP contribution is -2.63. The first-order chi connectivity index (χ1) is 18.3. The molecular weight excluding hydrogens is 532 g/mol. The maximum Gasteiger partial charge on any atom is 0.471 e. The first kappa shape index (κ1) is 28.8. The molecule has 3 aromatic rings. The van der Waals surface area contributed by atoms with E-state index in [0.29, 0.717) is 21.4 Å². The van der Waals surface area contributed by atoms with E-state index in [1.54, 1.807) is 44.2 Å². The predicted octanol–water partition coefficient (Wildman–Crippen LogP) is 7.17. The zero-order chi connectivity index (χ0) is 28.8. The zero-order valence-corrected chi connectivity index (χ0v) is 25.6. The molecule has 7 nitrogen and oxygen atoms in total. The van der Waals surface area contributed by atoms with Crippen LogP contribution in [0.4, 0.5) is 0 Å². The standard InChI is InChI=1S/C30H36O7SSi/c1-9-34-27(31)23-24(28(32)35-10-2)26(38(33)19-15-12-11-13-16-19)20-17-14-18-21-22(20)25(23)37-39(36-21,29(3,4)5)30(6,7)8/h11-18H,9-10H2,1-8H3. The van der Waals surface area contributed by atoms with Crippen molar-refractivity contribution in [1.29, 1.82) is 0 Å². The molecule has 0 saturated carbocycles. The molecule has 0 fully saturated rings. The normalized spacial score (nSPS) is 15.2. The monoisotopic (exact) mass is 568 g/mol. The highest BCUT2D eigenvalue weighted by Crippen LogP contribution is 2.58. The summed E-state index contributed by atoms with van der Waals surface area (Å²) in [5, 5.41) is 0.106. The summed E-state index contributed by atoms with van der Waals surface area (Å²) in [5.41, 5.74) is -0.187. The number of hydrogen-bond acceptors (Lipinski definition) is 7. The van der Waals surface area contributed by atoms with Crippen LogP contribution in [0.1, 0.15) is 76.1 Å². The Hall–Kier alpha value is -3.17. The van der Waals surface area contributed by atoms with E-state index in [1.165, 1.54) is 0 Å². The second-order valence-corrected chi connectivity index (χ2v) is 17.5. The van der Waals surface area contributed by atoms with Crippen LogP contribution >= 0.6 is 0 Å². The highest BCUT2D eigenvalue weighted by atomic mass is 32.2. The smallest absolute Gasteiger partial charge is 0.471 e. The van der Waals surface area contributed by atoms with E-state index >= 15 is 0 Å². The number of rotatable bonds is 6. The number of carbonyl (C=O) groups excluding carboxylic acids is 2. The molecule has 0 N–H and O–H groups in total. The molecule has 0 spiro atoms. The molecule has 0 saturated heterocycles. The van der Waals surface area contributed by atoms with E-state index in [2.05, 4.69) is 41.5 Å². The highest BCUT2D eigenvalue weighted by molar-refractivity contribution is 7.85. The van der Waals surface area contributed by atoms with Crippen LogP contribution in [0.5, 0.6) is 11.5 Å². The van der Waals surface area contributed by atoms with Gasteiger partial charge >= 0.3 is 20.5 Å². The Balaban J connectivity index is 2.22. The van der Waals surface area contributed by atoms with Gasteiger partial charge in [0, 0.05) is 20.4 Å². The first-order valence-corrected chi connectivity index (χ1v) is 16.1. The summed E-state index contributed by atoms with van der Waals surface area (Å²) in [4.78, 5) is 28.0. The molecule has 9 heteroatoms. The van der Waals surface area contributed by atoms with Crippen molar-refractivity contribution >= 4 is 42.1 Å². The van der Waals surface area contributed by atoms with Crippen LogP contribution in [-0.2, 0) is 20.3 Å². The predicted molar refractivity (Wildman–Crippen MR) is 153 cm³/mol. The lowest BCUT2D eigenvalue weighted by molar-refractivity contribution is 0.0473. The minimum Gasteiger partial charge on any atom is -0.511 e. The van der Waals surface area contributed by atoms with Crippen LogP contribution in [0.25, 0.3) is 10.8 Å². The Bertz CT molecular complexity index is 1440. The van der Waals surface area contributed by atoms with Gasteiger partial charge in [0.2, 0.25) is 0 Å². The summed E-state index contributed by atoms with van der Waals surface area (Å²) < 4.78 is 38.9. The van der Waals surface area contributed by atoms with Crippen molar-refractivity contribution in [3.8, 4) is 11.5 Å². The van der Waals surface area contributed by atoms with Gasteiger partial charge in [0.25, 0.3) is 0 Å². The van der Waals surface area contributed by atoms with E-state index in [1.807, 2.05) is 18.2 Å². The molecule has 39 heavy (non-hydrogen) atoms. The molecule has 0 aliphatic carbocycles. The molecule has 1 unspecified atom stereocenters. The van der Waals surface area contributed by atoms with Gasteiger partial charge in [-0.05, 0) is 32.0 Å². The van der Waals surface area contributed by atoms with Crippen molar-refractivity contribution < 1.29 is 32.1 Å². The van der Waals surface area contributed by atoms with E-state index in [0.717, 1.165) is 0 Å². The molecule has 0 amide bonds. The van der Waals surface area contributed by atoms with Crippen LogP contribution in [0.3, 0.4) is 0 Å². The van der Waals surface area contributed by atoms with Gasteiger partial charge in [-0.15, -0.1) is 0 Å². The summed E-state index contributed by atoms with van der Waals surface area (Å²) >= 11 is 0. The second-order valence-electron chi connectivity index (χ2n) is 11.4. The van der Waals surface area contributed by atoms with Crippen molar-refractivity contribution in [1.82, 2.24) is 0 Å². The molecule has 4 rings (SSSR count). The summed E-state index contributed by atoms with van der Waals surface area (Å²) in [5.74, 6) is -0.764. The van der Waals surface area contributed by atoms with E-state index in [4.69, 9.17) is 18.3 Å². The zero-order valence-electron chi connectivity index (χ0n) is 23.8. The quantitative estimate of drug-likeness (QED) is 0.230. The summed E-state index contributed by atoms with van der Waals surface area (Å²) in [6, 6.07) is 14.2.